The Hall–Kier alpha value is -1.76. The van der Waals surface area contributed by atoms with E-state index in [1.807, 2.05) is 50.2 Å². The van der Waals surface area contributed by atoms with Gasteiger partial charge in [0.1, 0.15) is 5.01 Å². The Bertz CT molecular complexity index is 1010. The van der Waals surface area contributed by atoms with Crippen molar-refractivity contribution < 1.29 is 8.42 Å². The van der Waals surface area contributed by atoms with Crippen LogP contribution in [-0.2, 0) is 10.0 Å². The van der Waals surface area contributed by atoms with Crippen LogP contribution >= 0.6 is 11.3 Å². The van der Waals surface area contributed by atoms with Crippen LogP contribution in [-0.4, -0.2) is 24.3 Å². The molecule has 1 saturated heterocycles. The van der Waals surface area contributed by atoms with Crippen LogP contribution < -0.4 is 0 Å². The van der Waals surface area contributed by atoms with Crippen molar-refractivity contribution in [1.29, 1.82) is 0 Å². The quantitative estimate of drug-likeness (QED) is 0.683. The first-order valence-corrected chi connectivity index (χ1v) is 10.7. The molecule has 0 N–H and O–H groups in total. The minimum atomic E-state index is -3.53. The number of rotatable bonds is 3. The van der Waals surface area contributed by atoms with Crippen molar-refractivity contribution >= 4 is 31.6 Å². The Balaban J connectivity index is 1.77. The Labute approximate surface area is 152 Å². The van der Waals surface area contributed by atoms with Gasteiger partial charge < -0.3 is 0 Å². The van der Waals surface area contributed by atoms with Crippen molar-refractivity contribution in [3.8, 4) is 0 Å². The fourth-order valence-electron chi connectivity index (χ4n) is 3.42. The van der Waals surface area contributed by atoms with Crippen LogP contribution in [0.5, 0.6) is 0 Å². The standard InChI is InChI=1S/C19H20N2O2S2/c1-13-9-10-14(2)18(12-13)25(22,23)21-11-5-7-16(21)19-20-15-6-3-4-8-17(15)24-19/h3-4,6,8-10,12,16H,5,7,11H2,1-2H3. The van der Waals surface area contributed by atoms with Gasteiger partial charge >= 0.3 is 0 Å². The first-order valence-electron chi connectivity index (χ1n) is 8.41. The van der Waals surface area contributed by atoms with Gasteiger partial charge in [-0.1, -0.05) is 24.3 Å². The maximum Gasteiger partial charge on any atom is 0.243 e. The Morgan fingerprint density at radius 1 is 1.16 bits per heavy atom. The van der Waals surface area contributed by atoms with Gasteiger partial charge in [0.15, 0.2) is 0 Å². The Kier molecular flexibility index (Phi) is 4.14. The van der Waals surface area contributed by atoms with Crippen LogP contribution in [0.1, 0.15) is 35.0 Å². The molecule has 4 rings (SSSR count). The lowest BCUT2D eigenvalue weighted by Crippen LogP contribution is -2.31. The number of benzene rings is 2. The van der Waals surface area contributed by atoms with Gasteiger partial charge in [-0.25, -0.2) is 13.4 Å². The summed E-state index contributed by atoms with van der Waals surface area (Å²) in [7, 11) is -3.53. The maximum atomic E-state index is 13.3. The van der Waals surface area contributed by atoms with Gasteiger partial charge in [0.2, 0.25) is 10.0 Å². The number of nitrogens with zero attached hydrogens (tertiary/aromatic N) is 2. The molecule has 3 aromatic rings. The van der Waals surface area contributed by atoms with E-state index in [1.54, 1.807) is 21.7 Å². The number of hydrogen-bond acceptors (Lipinski definition) is 4. The van der Waals surface area contributed by atoms with Crippen molar-refractivity contribution in [2.24, 2.45) is 0 Å². The lowest BCUT2D eigenvalue weighted by molar-refractivity contribution is 0.396. The molecule has 1 aromatic heterocycles. The summed E-state index contributed by atoms with van der Waals surface area (Å²) in [5.41, 5.74) is 2.69. The van der Waals surface area contributed by atoms with Crippen molar-refractivity contribution in [2.45, 2.75) is 37.6 Å². The molecule has 130 valence electrons. The second-order valence-electron chi connectivity index (χ2n) is 6.56. The van der Waals surface area contributed by atoms with Gasteiger partial charge in [-0.2, -0.15) is 4.31 Å². The molecular weight excluding hydrogens is 352 g/mol. The van der Waals surface area contributed by atoms with E-state index in [9.17, 15) is 8.42 Å². The van der Waals surface area contributed by atoms with E-state index < -0.39 is 10.0 Å². The van der Waals surface area contributed by atoms with Crippen LogP contribution in [0.15, 0.2) is 47.4 Å². The zero-order valence-corrected chi connectivity index (χ0v) is 15.9. The van der Waals surface area contributed by atoms with E-state index in [0.29, 0.717) is 11.4 Å². The number of fused-ring (bicyclic) bond motifs is 1. The highest BCUT2D eigenvalue weighted by atomic mass is 32.2. The summed E-state index contributed by atoms with van der Waals surface area (Å²) in [6.45, 7) is 4.33. The maximum absolute atomic E-state index is 13.3. The molecule has 0 radical (unpaired) electrons. The molecule has 2 heterocycles. The zero-order chi connectivity index (χ0) is 17.6. The van der Waals surface area contributed by atoms with Crippen molar-refractivity contribution in [1.82, 2.24) is 9.29 Å². The van der Waals surface area contributed by atoms with Gasteiger partial charge in [0, 0.05) is 6.54 Å². The summed E-state index contributed by atoms with van der Waals surface area (Å²) in [6.07, 6.45) is 1.69. The summed E-state index contributed by atoms with van der Waals surface area (Å²) in [4.78, 5) is 5.12. The fourth-order valence-corrected chi connectivity index (χ4v) is 6.57. The summed E-state index contributed by atoms with van der Waals surface area (Å²) in [6, 6.07) is 13.4. The first-order chi connectivity index (χ1) is 12.0. The molecule has 1 unspecified atom stereocenters. The number of thiazole rings is 1. The Morgan fingerprint density at radius 3 is 2.76 bits per heavy atom. The predicted molar refractivity (Wildman–Crippen MR) is 101 cm³/mol. The second kappa shape index (κ2) is 6.20. The lowest BCUT2D eigenvalue weighted by atomic mass is 10.2. The van der Waals surface area contributed by atoms with Crippen molar-refractivity contribution in [3.63, 3.8) is 0 Å². The molecule has 0 amide bonds. The van der Waals surface area contributed by atoms with E-state index in [0.717, 1.165) is 39.2 Å². The molecule has 0 saturated carbocycles. The number of aryl methyl sites for hydroxylation is 2. The van der Waals surface area contributed by atoms with Crippen molar-refractivity contribution in [3.05, 3.63) is 58.6 Å². The number of para-hydroxylation sites is 1. The van der Waals surface area contributed by atoms with Gasteiger partial charge in [0.25, 0.3) is 0 Å². The average molecular weight is 373 g/mol. The zero-order valence-electron chi connectivity index (χ0n) is 14.3. The normalized spacial score (nSPS) is 18.9. The SMILES string of the molecule is Cc1ccc(C)c(S(=O)(=O)N2CCCC2c2nc3ccccc3s2)c1. The summed E-state index contributed by atoms with van der Waals surface area (Å²) in [5.74, 6) is 0. The van der Waals surface area contributed by atoms with Gasteiger partial charge in [-0.15, -0.1) is 11.3 Å². The summed E-state index contributed by atoms with van der Waals surface area (Å²) in [5, 5.41) is 0.896. The lowest BCUT2D eigenvalue weighted by Gasteiger charge is -2.23. The molecule has 25 heavy (non-hydrogen) atoms. The molecule has 2 aromatic carbocycles. The van der Waals surface area contributed by atoms with E-state index in [-0.39, 0.29) is 6.04 Å². The third-order valence-corrected chi connectivity index (χ3v) is 7.92. The minimum absolute atomic E-state index is 0.165. The van der Waals surface area contributed by atoms with Crippen LogP contribution in [0, 0.1) is 13.8 Å². The van der Waals surface area contributed by atoms with E-state index >= 15 is 0 Å². The number of sulfonamides is 1. The van der Waals surface area contributed by atoms with Gasteiger partial charge in [0.05, 0.1) is 21.2 Å². The monoisotopic (exact) mass is 372 g/mol. The van der Waals surface area contributed by atoms with Crippen LogP contribution in [0.3, 0.4) is 0 Å². The average Bonchev–Trinajstić information content (AvgIpc) is 3.23. The van der Waals surface area contributed by atoms with Crippen LogP contribution in [0.4, 0.5) is 0 Å². The van der Waals surface area contributed by atoms with E-state index in [4.69, 9.17) is 4.98 Å². The molecule has 0 spiro atoms. The number of hydrogen-bond donors (Lipinski definition) is 0. The third kappa shape index (κ3) is 2.88. The topological polar surface area (TPSA) is 50.3 Å². The highest BCUT2D eigenvalue weighted by Crippen LogP contribution is 2.40. The molecule has 0 aliphatic carbocycles. The summed E-state index contributed by atoms with van der Waals surface area (Å²) >= 11 is 1.60. The van der Waals surface area contributed by atoms with E-state index in [1.165, 1.54) is 0 Å². The molecule has 1 fully saturated rings. The molecular formula is C19H20N2O2S2. The molecule has 1 aliphatic heterocycles. The van der Waals surface area contributed by atoms with Crippen LogP contribution in [0.2, 0.25) is 0 Å². The summed E-state index contributed by atoms with van der Waals surface area (Å²) < 4.78 is 29.4. The molecule has 0 bridgehead atoms. The number of aromatic nitrogens is 1. The first kappa shape index (κ1) is 16.7. The Morgan fingerprint density at radius 2 is 1.96 bits per heavy atom. The fraction of sp³-hybridized carbons (Fsp3) is 0.316. The van der Waals surface area contributed by atoms with E-state index in [2.05, 4.69) is 0 Å². The molecule has 1 atom stereocenters. The second-order valence-corrected chi connectivity index (χ2v) is 9.48. The third-order valence-electron chi connectivity index (χ3n) is 4.73. The van der Waals surface area contributed by atoms with Crippen molar-refractivity contribution in [2.75, 3.05) is 6.54 Å². The molecule has 6 heteroatoms. The smallest absolute Gasteiger partial charge is 0.239 e. The van der Waals surface area contributed by atoms with Gasteiger partial charge in [-0.05, 0) is 56.0 Å². The molecule has 1 aliphatic rings. The van der Waals surface area contributed by atoms with Crippen LogP contribution in [0.25, 0.3) is 10.2 Å². The minimum Gasteiger partial charge on any atom is -0.239 e. The largest absolute Gasteiger partial charge is 0.243 e. The van der Waals surface area contributed by atoms with Gasteiger partial charge in [-0.3, -0.25) is 0 Å². The highest BCUT2D eigenvalue weighted by Gasteiger charge is 2.38. The highest BCUT2D eigenvalue weighted by molar-refractivity contribution is 7.89. The molecule has 4 nitrogen and oxygen atoms in total. The predicted octanol–water partition coefficient (Wildman–Crippen LogP) is 4.44.